The van der Waals surface area contributed by atoms with Gasteiger partial charge in [0.2, 0.25) is 0 Å². The van der Waals surface area contributed by atoms with Gasteiger partial charge in [0, 0.05) is 0 Å². The van der Waals surface area contributed by atoms with Crippen LogP contribution in [-0.4, -0.2) is 30.2 Å². The number of rotatable bonds is 6. The number of nitrogens with zero attached hydrogens (tertiary/aromatic N) is 2. The number of hydrogen-bond acceptors (Lipinski definition) is 2. The van der Waals surface area contributed by atoms with Crippen LogP contribution in [0.2, 0.25) is 0 Å². The Morgan fingerprint density at radius 1 is 1.28 bits per heavy atom. The standard InChI is InChI=1S/C22H19F2N3OSe/c1-4-8-17(15(23)5-2)25-22(28)21-12-11-20(29-21)19-13-18(26-27(19)3)14-9-6-7-10-16(14)24/h4-13H,2H2,1,3H3,(H,25,28)/b8-4-,17-15-. The van der Waals surface area contributed by atoms with Gasteiger partial charge in [0.1, 0.15) is 0 Å². The fraction of sp³-hybridized carbons (Fsp3) is 0.0909. The molecule has 0 aliphatic heterocycles. The second-order valence-electron chi connectivity index (χ2n) is 6.10. The number of amides is 1. The molecule has 3 aromatic rings. The first kappa shape index (κ1) is 20.7. The van der Waals surface area contributed by atoms with E-state index in [1.54, 1.807) is 49.0 Å². The third-order valence-corrected chi connectivity index (χ3v) is 6.45. The summed E-state index contributed by atoms with van der Waals surface area (Å²) in [4.78, 5) is 12.5. The average molecular weight is 458 g/mol. The second kappa shape index (κ2) is 8.99. The van der Waals surface area contributed by atoms with E-state index < -0.39 is 5.83 Å². The molecule has 29 heavy (non-hydrogen) atoms. The van der Waals surface area contributed by atoms with Crippen LogP contribution in [0.25, 0.3) is 21.4 Å². The molecule has 0 radical (unpaired) electrons. The number of benzene rings is 1. The molecule has 2 heterocycles. The first-order chi connectivity index (χ1) is 13.9. The SMILES string of the molecule is C=C/C(F)=C(\C=C/C)NC(=O)c1ccc(-c2cc(-c3ccccc3F)nn2C)[se]1. The van der Waals surface area contributed by atoms with Crippen LogP contribution in [0.3, 0.4) is 0 Å². The minimum atomic E-state index is -0.600. The quantitative estimate of drug-likeness (QED) is 0.433. The number of nitrogens with one attached hydrogen (secondary N) is 1. The van der Waals surface area contributed by atoms with Gasteiger partial charge in [-0.3, -0.25) is 0 Å². The monoisotopic (exact) mass is 459 g/mol. The molecule has 7 heteroatoms. The molecule has 0 unspecified atom stereocenters. The number of allylic oxidation sites excluding steroid dienone is 4. The van der Waals surface area contributed by atoms with Crippen LogP contribution in [0.5, 0.6) is 0 Å². The summed E-state index contributed by atoms with van der Waals surface area (Å²) in [7, 11) is 1.78. The average Bonchev–Trinajstić information content (AvgIpc) is 3.34. The van der Waals surface area contributed by atoms with Crippen molar-refractivity contribution in [3.05, 3.63) is 89.1 Å². The van der Waals surface area contributed by atoms with Crippen molar-refractivity contribution in [1.82, 2.24) is 15.1 Å². The Hall–Kier alpha value is -3.02. The molecule has 3 rings (SSSR count). The maximum absolute atomic E-state index is 14.1. The summed E-state index contributed by atoms with van der Waals surface area (Å²) in [5.74, 6) is -1.30. The molecule has 0 spiro atoms. The van der Waals surface area contributed by atoms with Crippen molar-refractivity contribution in [3.63, 3.8) is 0 Å². The Morgan fingerprint density at radius 3 is 2.72 bits per heavy atom. The molecular weight excluding hydrogens is 439 g/mol. The number of carbonyl (C=O) groups is 1. The fourth-order valence-electron chi connectivity index (χ4n) is 2.74. The van der Waals surface area contributed by atoms with Crippen LogP contribution >= 0.6 is 0 Å². The molecular formula is C22H19F2N3OSe. The van der Waals surface area contributed by atoms with Gasteiger partial charge in [0.15, 0.2) is 0 Å². The van der Waals surface area contributed by atoms with E-state index in [-0.39, 0.29) is 31.9 Å². The van der Waals surface area contributed by atoms with Crippen molar-refractivity contribution in [1.29, 1.82) is 0 Å². The van der Waals surface area contributed by atoms with Gasteiger partial charge in [-0.2, -0.15) is 0 Å². The minimum absolute atomic E-state index is 0.0695. The van der Waals surface area contributed by atoms with Crippen LogP contribution in [0.4, 0.5) is 8.78 Å². The summed E-state index contributed by atoms with van der Waals surface area (Å²) >= 11 is -0.296. The summed E-state index contributed by atoms with van der Waals surface area (Å²) in [6.07, 6.45) is 4.16. The van der Waals surface area contributed by atoms with Crippen LogP contribution in [-0.2, 0) is 7.05 Å². The molecule has 0 saturated carbocycles. The Bertz CT molecular complexity index is 1120. The molecule has 4 nitrogen and oxygen atoms in total. The summed E-state index contributed by atoms with van der Waals surface area (Å²) in [5, 5.41) is 6.99. The van der Waals surface area contributed by atoms with Gasteiger partial charge >= 0.3 is 173 Å². The fourth-order valence-corrected chi connectivity index (χ4v) is 4.73. The van der Waals surface area contributed by atoms with Crippen LogP contribution in [0.15, 0.2) is 78.8 Å². The second-order valence-corrected chi connectivity index (χ2v) is 8.38. The van der Waals surface area contributed by atoms with Crippen LogP contribution in [0.1, 0.15) is 16.2 Å². The molecule has 1 N–H and O–H groups in total. The molecule has 0 aliphatic carbocycles. The third kappa shape index (κ3) is 4.53. The molecule has 0 saturated heterocycles. The predicted molar refractivity (Wildman–Crippen MR) is 112 cm³/mol. The van der Waals surface area contributed by atoms with Gasteiger partial charge in [-0.1, -0.05) is 0 Å². The third-order valence-electron chi connectivity index (χ3n) is 4.13. The zero-order chi connectivity index (χ0) is 21.0. The van der Waals surface area contributed by atoms with E-state index in [2.05, 4.69) is 17.0 Å². The van der Waals surface area contributed by atoms with E-state index in [1.807, 2.05) is 12.1 Å². The van der Waals surface area contributed by atoms with Gasteiger partial charge in [-0.25, -0.2) is 0 Å². The Morgan fingerprint density at radius 2 is 2.03 bits per heavy atom. The van der Waals surface area contributed by atoms with Crippen molar-refractivity contribution in [2.75, 3.05) is 0 Å². The van der Waals surface area contributed by atoms with E-state index in [1.165, 1.54) is 12.1 Å². The van der Waals surface area contributed by atoms with E-state index in [0.29, 0.717) is 15.7 Å². The molecule has 0 bridgehead atoms. The first-order valence-corrected chi connectivity index (χ1v) is 10.5. The first-order valence-electron chi connectivity index (χ1n) is 8.80. The van der Waals surface area contributed by atoms with Crippen molar-refractivity contribution in [2.45, 2.75) is 6.92 Å². The number of halogens is 2. The van der Waals surface area contributed by atoms with Crippen molar-refractivity contribution < 1.29 is 13.6 Å². The van der Waals surface area contributed by atoms with Gasteiger partial charge in [-0.05, 0) is 0 Å². The van der Waals surface area contributed by atoms with Gasteiger partial charge in [0.25, 0.3) is 0 Å². The van der Waals surface area contributed by atoms with E-state index >= 15 is 0 Å². The normalized spacial score (nSPS) is 12.1. The summed E-state index contributed by atoms with van der Waals surface area (Å²) in [6, 6.07) is 11.8. The van der Waals surface area contributed by atoms with E-state index in [9.17, 15) is 13.6 Å². The van der Waals surface area contributed by atoms with Gasteiger partial charge in [-0.15, -0.1) is 0 Å². The van der Waals surface area contributed by atoms with Crippen molar-refractivity contribution in [3.8, 4) is 21.4 Å². The van der Waals surface area contributed by atoms with Crippen LogP contribution < -0.4 is 5.32 Å². The van der Waals surface area contributed by atoms with Gasteiger partial charge < -0.3 is 0 Å². The van der Waals surface area contributed by atoms with E-state index in [4.69, 9.17) is 0 Å². The maximum atomic E-state index is 14.1. The van der Waals surface area contributed by atoms with Crippen molar-refractivity contribution >= 4 is 20.4 Å². The van der Waals surface area contributed by atoms with E-state index in [0.717, 1.165) is 16.2 Å². The number of aromatic nitrogens is 2. The zero-order valence-electron chi connectivity index (χ0n) is 15.9. The Balaban J connectivity index is 1.88. The molecule has 148 valence electrons. The number of carbonyl (C=O) groups excluding carboxylic acids is 1. The molecule has 1 amide bonds. The molecule has 0 atom stereocenters. The molecule has 0 aliphatic rings. The number of aryl methyl sites for hydroxylation is 1. The van der Waals surface area contributed by atoms with Crippen molar-refractivity contribution in [2.24, 2.45) is 7.05 Å². The summed E-state index contributed by atoms with van der Waals surface area (Å²) < 4.78 is 31.1. The zero-order valence-corrected chi connectivity index (χ0v) is 17.7. The van der Waals surface area contributed by atoms with Crippen LogP contribution in [0, 0.1) is 5.82 Å². The number of hydrogen-bond donors (Lipinski definition) is 1. The molecule has 1 aromatic carbocycles. The summed E-state index contributed by atoms with van der Waals surface area (Å²) in [6.45, 7) is 5.12. The molecule has 2 aromatic heterocycles. The van der Waals surface area contributed by atoms with Gasteiger partial charge in [0.05, 0.1) is 0 Å². The Labute approximate surface area is 173 Å². The topological polar surface area (TPSA) is 46.9 Å². The molecule has 0 fully saturated rings. The Kier molecular flexibility index (Phi) is 6.42. The predicted octanol–water partition coefficient (Wildman–Crippen LogP) is 4.62. The summed E-state index contributed by atoms with van der Waals surface area (Å²) in [5.41, 5.74) is 1.83.